The molecule has 2 amide bonds. The number of amides is 2. The van der Waals surface area contributed by atoms with Crippen LogP contribution >= 0.6 is 11.3 Å². The van der Waals surface area contributed by atoms with Gasteiger partial charge in [0.2, 0.25) is 0 Å². The average molecular weight is 349 g/mol. The van der Waals surface area contributed by atoms with Crippen molar-refractivity contribution in [3.8, 4) is 0 Å². The molecule has 0 saturated carbocycles. The molecule has 7 heteroatoms. The molecule has 0 aliphatic heterocycles. The second kappa shape index (κ2) is 8.65. The standard InChI is InChI=1S/C17H23N3O3S/c1-12-9-13(2)19-16(21)15(12)10-18-17(22)20(6-7-23-3)11-14-5-4-8-24-14/h4-5,8-9H,6-7,10-11H2,1-3H3,(H,18,22)(H,19,21). The summed E-state index contributed by atoms with van der Waals surface area (Å²) in [4.78, 5) is 30.1. The zero-order chi connectivity index (χ0) is 17.5. The molecule has 130 valence electrons. The third-order valence-electron chi connectivity index (χ3n) is 3.69. The summed E-state index contributed by atoms with van der Waals surface area (Å²) in [6.45, 7) is 5.39. The van der Waals surface area contributed by atoms with E-state index in [4.69, 9.17) is 4.74 Å². The number of ether oxygens (including phenoxy) is 1. The van der Waals surface area contributed by atoms with Crippen LogP contribution in [-0.4, -0.2) is 36.2 Å². The first-order chi connectivity index (χ1) is 11.5. The Morgan fingerprint density at radius 1 is 1.42 bits per heavy atom. The molecule has 0 fully saturated rings. The van der Waals surface area contributed by atoms with Crippen molar-refractivity contribution in [3.05, 3.63) is 55.6 Å². The fourth-order valence-electron chi connectivity index (χ4n) is 2.42. The third kappa shape index (κ3) is 4.94. The van der Waals surface area contributed by atoms with Gasteiger partial charge in [-0.25, -0.2) is 4.79 Å². The van der Waals surface area contributed by atoms with Gasteiger partial charge >= 0.3 is 6.03 Å². The van der Waals surface area contributed by atoms with Crippen LogP contribution in [0.15, 0.2) is 28.4 Å². The van der Waals surface area contributed by atoms with Crippen LogP contribution in [0.1, 0.15) is 21.7 Å². The van der Waals surface area contributed by atoms with E-state index in [1.807, 2.05) is 37.4 Å². The number of carbonyl (C=O) groups is 1. The molecule has 2 rings (SSSR count). The Balaban J connectivity index is 2.03. The summed E-state index contributed by atoms with van der Waals surface area (Å²) < 4.78 is 5.08. The topological polar surface area (TPSA) is 74.4 Å². The number of hydrogen-bond donors (Lipinski definition) is 2. The highest BCUT2D eigenvalue weighted by atomic mass is 32.1. The van der Waals surface area contributed by atoms with E-state index in [1.165, 1.54) is 0 Å². The summed E-state index contributed by atoms with van der Waals surface area (Å²) in [5, 5.41) is 4.82. The number of methoxy groups -OCH3 is 1. The van der Waals surface area contributed by atoms with Crippen molar-refractivity contribution in [3.63, 3.8) is 0 Å². The molecule has 0 unspecified atom stereocenters. The first-order valence-electron chi connectivity index (χ1n) is 7.74. The smallest absolute Gasteiger partial charge is 0.318 e. The van der Waals surface area contributed by atoms with Crippen molar-refractivity contribution in [2.45, 2.75) is 26.9 Å². The fraction of sp³-hybridized carbons (Fsp3) is 0.412. The van der Waals surface area contributed by atoms with Gasteiger partial charge < -0.3 is 19.9 Å². The van der Waals surface area contributed by atoms with E-state index in [9.17, 15) is 9.59 Å². The number of hydrogen-bond acceptors (Lipinski definition) is 4. The maximum Gasteiger partial charge on any atom is 0.318 e. The van der Waals surface area contributed by atoms with Gasteiger partial charge in [0.1, 0.15) is 0 Å². The van der Waals surface area contributed by atoms with E-state index in [0.29, 0.717) is 25.3 Å². The Morgan fingerprint density at radius 2 is 2.21 bits per heavy atom. The lowest BCUT2D eigenvalue weighted by Crippen LogP contribution is -2.41. The predicted molar refractivity (Wildman–Crippen MR) is 95.4 cm³/mol. The summed E-state index contributed by atoms with van der Waals surface area (Å²) in [7, 11) is 1.61. The number of thiophene rings is 1. The quantitative estimate of drug-likeness (QED) is 0.806. The number of aryl methyl sites for hydroxylation is 2. The summed E-state index contributed by atoms with van der Waals surface area (Å²) in [6, 6.07) is 5.64. The molecule has 0 radical (unpaired) electrons. The van der Waals surface area contributed by atoms with Gasteiger partial charge in [-0.3, -0.25) is 4.79 Å². The molecule has 2 aromatic rings. The number of aromatic nitrogens is 1. The Labute approximate surface area is 145 Å². The molecule has 0 spiro atoms. The minimum atomic E-state index is -0.208. The number of rotatable bonds is 7. The molecule has 0 aliphatic rings. The lowest BCUT2D eigenvalue weighted by molar-refractivity contribution is 0.146. The Hall–Kier alpha value is -2.12. The fourth-order valence-corrected chi connectivity index (χ4v) is 3.14. The van der Waals surface area contributed by atoms with Crippen LogP contribution in [0.3, 0.4) is 0 Å². The lowest BCUT2D eigenvalue weighted by atomic mass is 10.1. The van der Waals surface area contributed by atoms with Crippen LogP contribution in [0.2, 0.25) is 0 Å². The first-order valence-corrected chi connectivity index (χ1v) is 8.62. The molecule has 0 aromatic carbocycles. The van der Waals surface area contributed by atoms with E-state index < -0.39 is 0 Å². The van der Waals surface area contributed by atoms with E-state index in [1.54, 1.807) is 23.3 Å². The van der Waals surface area contributed by atoms with Crippen LogP contribution in [0.4, 0.5) is 4.79 Å². The maximum atomic E-state index is 12.5. The van der Waals surface area contributed by atoms with Crippen molar-refractivity contribution >= 4 is 17.4 Å². The summed E-state index contributed by atoms with van der Waals surface area (Å²) in [5.74, 6) is 0. The monoisotopic (exact) mass is 349 g/mol. The van der Waals surface area contributed by atoms with E-state index in [-0.39, 0.29) is 18.1 Å². The van der Waals surface area contributed by atoms with Crippen molar-refractivity contribution in [1.29, 1.82) is 0 Å². The lowest BCUT2D eigenvalue weighted by Gasteiger charge is -2.22. The molecule has 2 aromatic heterocycles. The predicted octanol–water partition coefficient (Wildman–Crippen LogP) is 2.41. The van der Waals surface area contributed by atoms with Gasteiger partial charge in [-0.2, -0.15) is 0 Å². The molecular weight excluding hydrogens is 326 g/mol. The van der Waals surface area contributed by atoms with E-state index >= 15 is 0 Å². The van der Waals surface area contributed by atoms with Gasteiger partial charge in [0.05, 0.1) is 19.7 Å². The molecule has 24 heavy (non-hydrogen) atoms. The average Bonchev–Trinajstić information content (AvgIpc) is 3.03. The molecule has 2 N–H and O–H groups in total. The largest absolute Gasteiger partial charge is 0.383 e. The van der Waals surface area contributed by atoms with Crippen molar-refractivity contribution in [2.24, 2.45) is 0 Å². The van der Waals surface area contributed by atoms with Crippen molar-refractivity contribution in [1.82, 2.24) is 15.2 Å². The van der Waals surface area contributed by atoms with Crippen molar-refractivity contribution in [2.75, 3.05) is 20.3 Å². The molecule has 0 saturated heterocycles. The highest BCUT2D eigenvalue weighted by Gasteiger charge is 2.15. The normalized spacial score (nSPS) is 10.6. The van der Waals surface area contributed by atoms with Crippen LogP contribution < -0.4 is 10.9 Å². The number of aromatic amines is 1. The molecule has 2 heterocycles. The van der Waals surface area contributed by atoms with Gasteiger partial charge in [-0.15, -0.1) is 11.3 Å². The van der Waals surface area contributed by atoms with Crippen LogP contribution in [0.5, 0.6) is 0 Å². The molecule has 0 bridgehead atoms. The number of carbonyl (C=O) groups excluding carboxylic acids is 1. The highest BCUT2D eigenvalue weighted by molar-refractivity contribution is 7.09. The zero-order valence-electron chi connectivity index (χ0n) is 14.2. The Bertz CT molecular complexity index is 725. The minimum absolute atomic E-state index is 0.158. The van der Waals surface area contributed by atoms with E-state index in [0.717, 1.165) is 16.1 Å². The first kappa shape index (κ1) is 18.2. The van der Waals surface area contributed by atoms with Crippen molar-refractivity contribution < 1.29 is 9.53 Å². The third-order valence-corrected chi connectivity index (χ3v) is 4.55. The van der Waals surface area contributed by atoms with E-state index in [2.05, 4.69) is 10.3 Å². The van der Waals surface area contributed by atoms with Gasteiger partial charge in [-0.1, -0.05) is 6.07 Å². The second-order valence-electron chi connectivity index (χ2n) is 5.60. The molecular formula is C17H23N3O3S. The number of nitrogens with zero attached hydrogens (tertiary/aromatic N) is 1. The van der Waals surface area contributed by atoms with Crippen LogP contribution in [0.25, 0.3) is 0 Å². The SMILES string of the molecule is COCCN(Cc1cccs1)C(=O)NCc1c(C)cc(C)[nH]c1=O. The maximum absolute atomic E-state index is 12.5. The van der Waals surface area contributed by atoms with Crippen LogP contribution in [0, 0.1) is 13.8 Å². The second-order valence-corrected chi connectivity index (χ2v) is 6.63. The van der Waals surface area contributed by atoms with Crippen LogP contribution in [-0.2, 0) is 17.8 Å². The number of urea groups is 1. The molecule has 0 aliphatic carbocycles. The summed E-state index contributed by atoms with van der Waals surface area (Å²) in [6.07, 6.45) is 0. The minimum Gasteiger partial charge on any atom is -0.383 e. The van der Waals surface area contributed by atoms with Gasteiger partial charge in [0.15, 0.2) is 0 Å². The Morgan fingerprint density at radius 3 is 2.83 bits per heavy atom. The highest BCUT2D eigenvalue weighted by Crippen LogP contribution is 2.12. The number of H-pyrrole nitrogens is 1. The zero-order valence-corrected chi connectivity index (χ0v) is 15.0. The molecule has 0 atom stereocenters. The molecule has 6 nitrogen and oxygen atoms in total. The summed E-state index contributed by atoms with van der Waals surface area (Å²) >= 11 is 1.61. The van der Waals surface area contributed by atoms with Gasteiger partial charge in [-0.05, 0) is 36.9 Å². The Kier molecular flexibility index (Phi) is 6.57. The summed E-state index contributed by atoms with van der Waals surface area (Å²) in [5.41, 5.74) is 2.11. The number of nitrogens with one attached hydrogen (secondary N) is 2. The van der Waals surface area contributed by atoms with Gasteiger partial charge in [0.25, 0.3) is 5.56 Å². The number of pyridine rings is 1. The van der Waals surface area contributed by atoms with Gasteiger partial charge in [0, 0.05) is 29.8 Å².